The standard InChI is InChI=1S/C19H21F2N3O2S/c1-2-17(25)22-9-14-11-27-18(23-14)12-4-3-7-24(10-12)19(26)15-6-5-13(20)8-16(15)21/h5-6,8,11-12H,2-4,7,9-10H2,1H3,(H,22,25). The van der Waals surface area contributed by atoms with Crippen LogP contribution >= 0.6 is 11.3 Å². The van der Waals surface area contributed by atoms with Crippen LogP contribution in [0.25, 0.3) is 0 Å². The Kier molecular flexibility index (Phi) is 6.15. The Balaban J connectivity index is 1.66. The van der Waals surface area contributed by atoms with Gasteiger partial charge in [0.25, 0.3) is 5.91 Å². The molecule has 1 atom stereocenters. The van der Waals surface area contributed by atoms with Gasteiger partial charge in [-0.15, -0.1) is 11.3 Å². The Morgan fingerprint density at radius 3 is 2.93 bits per heavy atom. The van der Waals surface area contributed by atoms with Crippen molar-refractivity contribution in [1.29, 1.82) is 0 Å². The van der Waals surface area contributed by atoms with E-state index in [4.69, 9.17) is 0 Å². The highest BCUT2D eigenvalue weighted by molar-refractivity contribution is 7.09. The predicted molar refractivity (Wildman–Crippen MR) is 98.5 cm³/mol. The summed E-state index contributed by atoms with van der Waals surface area (Å²) in [4.78, 5) is 30.2. The largest absolute Gasteiger partial charge is 0.350 e. The summed E-state index contributed by atoms with van der Waals surface area (Å²) >= 11 is 1.51. The van der Waals surface area contributed by atoms with Crippen LogP contribution in [0.4, 0.5) is 8.78 Å². The topological polar surface area (TPSA) is 62.3 Å². The summed E-state index contributed by atoms with van der Waals surface area (Å²) in [5, 5.41) is 5.61. The number of hydrogen-bond acceptors (Lipinski definition) is 4. The number of benzene rings is 1. The van der Waals surface area contributed by atoms with E-state index in [2.05, 4.69) is 10.3 Å². The van der Waals surface area contributed by atoms with E-state index in [1.165, 1.54) is 17.4 Å². The van der Waals surface area contributed by atoms with Crippen molar-refractivity contribution in [3.8, 4) is 0 Å². The molecule has 0 saturated carbocycles. The molecule has 0 spiro atoms. The number of aromatic nitrogens is 1. The SMILES string of the molecule is CCC(=O)NCc1csc(C2CCCN(C(=O)c3ccc(F)cc3F)C2)n1. The van der Waals surface area contributed by atoms with Gasteiger partial charge >= 0.3 is 0 Å². The van der Waals surface area contributed by atoms with Crippen LogP contribution in [0.2, 0.25) is 0 Å². The van der Waals surface area contributed by atoms with E-state index < -0.39 is 17.5 Å². The molecule has 0 bridgehead atoms. The summed E-state index contributed by atoms with van der Waals surface area (Å²) in [5.74, 6) is -1.92. The van der Waals surface area contributed by atoms with Crippen LogP contribution in [0, 0.1) is 11.6 Å². The lowest BCUT2D eigenvalue weighted by Crippen LogP contribution is -2.39. The Morgan fingerprint density at radius 2 is 2.19 bits per heavy atom. The third kappa shape index (κ3) is 4.68. The summed E-state index contributed by atoms with van der Waals surface area (Å²) < 4.78 is 27.0. The molecule has 2 heterocycles. The smallest absolute Gasteiger partial charge is 0.256 e. The average Bonchev–Trinajstić information content (AvgIpc) is 3.15. The Bertz CT molecular complexity index is 840. The molecule has 1 saturated heterocycles. The molecule has 2 amide bonds. The number of rotatable bonds is 5. The molecule has 27 heavy (non-hydrogen) atoms. The zero-order valence-electron chi connectivity index (χ0n) is 15.0. The van der Waals surface area contributed by atoms with Gasteiger partial charge in [0.15, 0.2) is 0 Å². The van der Waals surface area contributed by atoms with Gasteiger partial charge < -0.3 is 10.2 Å². The van der Waals surface area contributed by atoms with E-state index in [0.29, 0.717) is 26.1 Å². The molecule has 2 aromatic rings. The molecule has 0 aliphatic carbocycles. The van der Waals surface area contributed by atoms with E-state index >= 15 is 0 Å². The van der Waals surface area contributed by atoms with Gasteiger partial charge in [-0.05, 0) is 25.0 Å². The van der Waals surface area contributed by atoms with E-state index in [1.807, 2.05) is 5.38 Å². The number of hydrogen-bond donors (Lipinski definition) is 1. The molecule has 8 heteroatoms. The molecule has 1 N–H and O–H groups in total. The van der Waals surface area contributed by atoms with Crippen molar-refractivity contribution in [1.82, 2.24) is 15.2 Å². The van der Waals surface area contributed by atoms with Crippen molar-refractivity contribution in [2.75, 3.05) is 13.1 Å². The fourth-order valence-electron chi connectivity index (χ4n) is 3.10. The predicted octanol–water partition coefficient (Wildman–Crippen LogP) is 3.47. The molecular weight excluding hydrogens is 372 g/mol. The lowest BCUT2D eigenvalue weighted by atomic mass is 9.98. The zero-order chi connectivity index (χ0) is 19.4. The van der Waals surface area contributed by atoms with E-state index in [0.717, 1.165) is 35.7 Å². The fraction of sp³-hybridized carbons (Fsp3) is 0.421. The molecule has 0 radical (unpaired) electrons. The highest BCUT2D eigenvalue weighted by Gasteiger charge is 2.28. The van der Waals surface area contributed by atoms with E-state index in [-0.39, 0.29) is 17.4 Å². The number of amides is 2. The number of halogens is 2. The van der Waals surface area contributed by atoms with Gasteiger partial charge in [0.05, 0.1) is 22.8 Å². The molecule has 1 aliphatic heterocycles. The summed E-state index contributed by atoms with van der Waals surface area (Å²) in [6.07, 6.45) is 2.11. The van der Waals surface area contributed by atoms with Crippen molar-refractivity contribution < 1.29 is 18.4 Å². The minimum atomic E-state index is -0.842. The van der Waals surface area contributed by atoms with Crippen LogP contribution in [0.1, 0.15) is 53.2 Å². The van der Waals surface area contributed by atoms with Gasteiger partial charge in [0, 0.05) is 36.9 Å². The monoisotopic (exact) mass is 393 g/mol. The number of carbonyl (C=O) groups is 2. The molecule has 1 unspecified atom stereocenters. The number of piperidine rings is 1. The van der Waals surface area contributed by atoms with E-state index in [9.17, 15) is 18.4 Å². The Morgan fingerprint density at radius 1 is 1.37 bits per heavy atom. The van der Waals surface area contributed by atoms with Gasteiger partial charge in [-0.25, -0.2) is 13.8 Å². The van der Waals surface area contributed by atoms with E-state index in [1.54, 1.807) is 11.8 Å². The van der Waals surface area contributed by atoms with Gasteiger partial charge in [0.2, 0.25) is 5.91 Å². The maximum atomic E-state index is 13.9. The minimum Gasteiger partial charge on any atom is -0.350 e. The highest BCUT2D eigenvalue weighted by Crippen LogP contribution is 2.30. The second-order valence-corrected chi connectivity index (χ2v) is 7.41. The summed E-state index contributed by atoms with van der Waals surface area (Å²) in [6.45, 7) is 3.17. The number of nitrogens with one attached hydrogen (secondary N) is 1. The molecule has 5 nitrogen and oxygen atoms in total. The van der Waals surface area contributed by atoms with Gasteiger partial charge in [-0.2, -0.15) is 0 Å². The summed E-state index contributed by atoms with van der Waals surface area (Å²) in [7, 11) is 0. The molecule has 1 aromatic heterocycles. The maximum absolute atomic E-state index is 13.9. The van der Waals surface area contributed by atoms with Crippen molar-refractivity contribution >= 4 is 23.2 Å². The Labute approximate surface area is 160 Å². The summed E-state index contributed by atoms with van der Waals surface area (Å²) in [6, 6.07) is 3.01. The van der Waals surface area contributed by atoms with Crippen molar-refractivity contribution in [3.63, 3.8) is 0 Å². The van der Waals surface area contributed by atoms with Gasteiger partial charge in [-0.1, -0.05) is 6.92 Å². The zero-order valence-corrected chi connectivity index (χ0v) is 15.8. The van der Waals surface area contributed by atoms with Crippen LogP contribution in [-0.2, 0) is 11.3 Å². The normalized spacial score (nSPS) is 17.0. The van der Waals surface area contributed by atoms with Gasteiger partial charge in [-0.3, -0.25) is 9.59 Å². The van der Waals surface area contributed by atoms with Crippen molar-refractivity contribution in [2.45, 2.75) is 38.6 Å². The first kappa shape index (κ1) is 19.4. The highest BCUT2D eigenvalue weighted by atomic mass is 32.1. The van der Waals surface area contributed by atoms with Crippen LogP contribution in [0.3, 0.4) is 0 Å². The third-order valence-electron chi connectivity index (χ3n) is 4.58. The number of carbonyl (C=O) groups excluding carboxylic acids is 2. The molecule has 1 aliphatic rings. The summed E-state index contributed by atoms with van der Waals surface area (Å²) in [5.41, 5.74) is 0.684. The molecule has 3 rings (SSSR count). The fourth-order valence-corrected chi connectivity index (χ4v) is 4.05. The van der Waals surface area contributed by atoms with Crippen LogP contribution in [-0.4, -0.2) is 34.8 Å². The maximum Gasteiger partial charge on any atom is 0.256 e. The lowest BCUT2D eigenvalue weighted by molar-refractivity contribution is -0.120. The van der Waals surface area contributed by atoms with Crippen LogP contribution in [0.5, 0.6) is 0 Å². The van der Waals surface area contributed by atoms with Crippen molar-refractivity contribution in [2.24, 2.45) is 0 Å². The van der Waals surface area contributed by atoms with Crippen LogP contribution in [0.15, 0.2) is 23.6 Å². The van der Waals surface area contributed by atoms with Crippen LogP contribution < -0.4 is 5.32 Å². The first-order chi connectivity index (χ1) is 13.0. The second kappa shape index (κ2) is 8.56. The van der Waals surface area contributed by atoms with Crippen molar-refractivity contribution in [3.05, 3.63) is 51.5 Å². The Hall–Kier alpha value is -2.35. The number of thiazole rings is 1. The number of likely N-dealkylation sites (tertiary alicyclic amines) is 1. The lowest BCUT2D eigenvalue weighted by Gasteiger charge is -2.32. The molecule has 1 aromatic carbocycles. The minimum absolute atomic E-state index is 0.0275. The first-order valence-corrected chi connectivity index (χ1v) is 9.81. The second-order valence-electron chi connectivity index (χ2n) is 6.52. The molecule has 144 valence electrons. The quantitative estimate of drug-likeness (QED) is 0.846. The molecule has 1 fully saturated rings. The first-order valence-electron chi connectivity index (χ1n) is 8.93. The average molecular weight is 393 g/mol. The third-order valence-corrected chi connectivity index (χ3v) is 5.63. The van der Waals surface area contributed by atoms with Gasteiger partial charge in [0.1, 0.15) is 11.6 Å². The number of nitrogens with zero attached hydrogens (tertiary/aromatic N) is 2. The molecular formula is C19H21F2N3O2S.